The summed E-state index contributed by atoms with van der Waals surface area (Å²) in [5, 5.41) is 16.4. The van der Waals surface area contributed by atoms with Gasteiger partial charge in [-0.15, -0.1) is 24.0 Å². The van der Waals surface area contributed by atoms with E-state index in [1.807, 2.05) is 45.9 Å². The molecule has 0 saturated heterocycles. The third kappa shape index (κ3) is 6.25. The van der Waals surface area contributed by atoms with Gasteiger partial charge in [0, 0.05) is 6.54 Å². The molecule has 2 aromatic rings. The van der Waals surface area contributed by atoms with Crippen molar-refractivity contribution in [3.05, 3.63) is 58.4 Å². The van der Waals surface area contributed by atoms with Gasteiger partial charge in [0.05, 0.1) is 19.7 Å². The Kier molecular flexibility index (Phi) is 9.51. The Morgan fingerprint density at radius 3 is 2.39 bits per heavy atom. The Hall–Kier alpha value is -2.03. The van der Waals surface area contributed by atoms with Crippen LogP contribution in [0.4, 0.5) is 4.39 Å². The van der Waals surface area contributed by atoms with Crippen LogP contribution in [0.2, 0.25) is 0 Å². The number of rotatable bonds is 6. The number of hydrogen-bond acceptors (Lipinski definition) is 3. The van der Waals surface area contributed by atoms with Gasteiger partial charge in [-0.3, -0.25) is 0 Å². The highest BCUT2D eigenvalue weighted by molar-refractivity contribution is 14.0. The Morgan fingerprint density at radius 1 is 1.21 bits per heavy atom. The highest BCUT2D eigenvalue weighted by atomic mass is 127. The quantitative estimate of drug-likeness (QED) is 0.308. The molecular weight excluding hydrogens is 472 g/mol. The molecule has 0 amide bonds. The minimum Gasteiger partial charge on any atom is -0.507 e. The van der Waals surface area contributed by atoms with Gasteiger partial charge in [-0.25, -0.2) is 9.38 Å². The number of hydrogen-bond donors (Lipinski definition) is 3. The van der Waals surface area contributed by atoms with E-state index in [1.165, 1.54) is 13.2 Å². The van der Waals surface area contributed by atoms with Crippen molar-refractivity contribution in [1.82, 2.24) is 10.6 Å². The zero-order chi connectivity index (χ0) is 20.0. The number of aryl methyl sites for hydroxylation is 2. The maximum atomic E-state index is 14.0. The lowest BCUT2D eigenvalue weighted by Crippen LogP contribution is -2.38. The van der Waals surface area contributed by atoms with E-state index in [9.17, 15) is 9.50 Å². The normalized spacial score (nSPS) is 12.1. The highest BCUT2D eigenvalue weighted by Crippen LogP contribution is 2.24. The number of ether oxygens (including phenoxy) is 1. The van der Waals surface area contributed by atoms with Gasteiger partial charge in [0.15, 0.2) is 17.5 Å². The lowest BCUT2D eigenvalue weighted by atomic mass is 10.1. The number of benzene rings is 2. The average Bonchev–Trinajstić information content (AvgIpc) is 2.64. The summed E-state index contributed by atoms with van der Waals surface area (Å²) in [6.45, 7) is 8.87. The van der Waals surface area contributed by atoms with Crippen LogP contribution in [0.3, 0.4) is 0 Å². The summed E-state index contributed by atoms with van der Waals surface area (Å²) in [4.78, 5) is 4.61. The summed E-state index contributed by atoms with van der Waals surface area (Å²) in [6.07, 6.45) is 0. The minimum absolute atomic E-state index is 0. The molecule has 1 atom stereocenters. The molecule has 0 aliphatic heterocycles. The Morgan fingerprint density at radius 2 is 1.86 bits per heavy atom. The third-order valence-electron chi connectivity index (χ3n) is 4.34. The van der Waals surface area contributed by atoms with Gasteiger partial charge in [-0.1, -0.05) is 18.2 Å². The van der Waals surface area contributed by atoms with Crippen LogP contribution in [0.25, 0.3) is 0 Å². The summed E-state index contributed by atoms with van der Waals surface area (Å²) >= 11 is 0. The van der Waals surface area contributed by atoms with E-state index in [4.69, 9.17) is 4.74 Å². The molecule has 2 aromatic carbocycles. The molecule has 1 unspecified atom stereocenters. The Labute approximate surface area is 183 Å². The molecule has 0 heterocycles. The van der Waals surface area contributed by atoms with Gasteiger partial charge in [-0.05, 0) is 62.1 Å². The van der Waals surface area contributed by atoms with E-state index in [0.29, 0.717) is 24.8 Å². The third-order valence-corrected chi connectivity index (χ3v) is 4.34. The second-order valence-electron chi connectivity index (χ2n) is 6.53. The first-order chi connectivity index (χ1) is 12.8. The molecule has 7 heteroatoms. The van der Waals surface area contributed by atoms with Gasteiger partial charge < -0.3 is 20.5 Å². The van der Waals surface area contributed by atoms with Crippen molar-refractivity contribution in [3.8, 4) is 11.5 Å². The first kappa shape index (κ1) is 24.0. The van der Waals surface area contributed by atoms with Crippen molar-refractivity contribution in [2.75, 3.05) is 13.7 Å². The van der Waals surface area contributed by atoms with Gasteiger partial charge in [0.1, 0.15) is 5.75 Å². The van der Waals surface area contributed by atoms with E-state index in [2.05, 4.69) is 15.6 Å². The minimum atomic E-state index is -0.388. The predicted molar refractivity (Wildman–Crippen MR) is 122 cm³/mol. The molecule has 3 N–H and O–H groups in total. The van der Waals surface area contributed by atoms with Crippen LogP contribution in [-0.2, 0) is 6.54 Å². The molecule has 5 nitrogen and oxygen atoms in total. The van der Waals surface area contributed by atoms with Crippen molar-refractivity contribution < 1.29 is 14.2 Å². The van der Waals surface area contributed by atoms with Crippen molar-refractivity contribution in [1.29, 1.82) is 0 Å². The van der Waals surface area contributed by atoms with Crippen molar-refractivity contribution >= 4 is 29.9 Å². The zero-order valence-electron chi connectivity index (χ0n) is 17.0. The lowest BCUT2D eigenvalue weighted by molar-refractivity contribution is 0.386. The maximum Gasteiger partial charge on any atom is 0.192 e. The second-order valence-corrected chi connectivity index (χ2v) is 6.53. The number of aromatic hydroxyl groups is 1. The van der Waals surface area contributed by atoms with E-state index in [1.54, 1.807) is 6.07 Å². The monoisotopic (exact) mass is 501 g/mol. The largest absolute Gasteiger partial charge is 0.507 e. The predicted octanol–water partition coefficient (Wildman–Crippen LogP) is 4.59. The van der Waals surface area contributed by atoms with Crippen LogP contribution in [-0.4, -0.2) is 24.7 Å². The van der Waals surface area contributed by atoms with Crippen molar-refractivity contribution in [3.63, 3.8) is 0 Å². The van der Waals surface area contributed by atoms with Crippen LogP contribution in [0.5, 0.6) is 11.5 Å². The number of phenolic OH excluding ortho intramolecular Hbond substituents is 1. The number of nitrogens with one attached hydrogen (secondary N) is 2. The van der Waals surface area contributed by atoms with E-state index >= 15 is 0 Å². The molecule has 154 valence electrons. The smallest absolute Gasteiger partial charge is 0.192 e. The fourth-order valence-electron chi connectivity index (χ4n) is 2.87. The summed E-state index contributed by atoms with van der Waals surface area (Å²) in [5.74, 6) is 0.803. The molecule has 0 spiro atoms. The van der Waals surface area contributed by atoms with Crippen molar-refractivity contribution in [2.45, 2.75) is 40.3 Å². The van der Waals surface area contributed by atoms with E-state index < -0.39 is 0 Å². The molecule has 2 rings (SSSR count). The fourth-order valence-corrected chi connectivity index (χ4v) is 2.87. The molecule has 0 aromatic heterocycles. The topological polar surface area (TPSA) is 65.9 Å². The fraction of sp³-hybridized carbons (Fsp3) is 0.381. The average molecular weight is 501 g/mol. The molecule has 0 aliphatic carbocycles. The molecular formula is C21H29FIN3O2. The number of guanidine groups is 1. The van der Waals surface area contributed by atoms with Crippen LogP contribution in [0, 0.1) is 19.7 Å². The zero-order valence-corrected chi connectivity index (χ0v) is 19.3. The summed E-state index contributed by atoms with van der Waals surface area (Å²) in [6, 6.07) is 8.64. The lowest BCUT2D eigenvalue weighted by Gasteiger charge is -2.19. The number of nitrogens with zero attached hydrogens (tertiary/aromatic N) is 1. The molecule has 0 radical (unpaired) electrons. The number of halogens is 2. The van der Waals surface area contributed by atoms with Crippen LogP contribution in [0.15, 0.2) is 35.3 Å². The number of methoxy groups -OCH3 is 1. The molecule has 0 fully saturated rings. The summed E-state index contributed by atoms with van der Waals surface area (Å²) in [7, 11) is 1.45. The van der Waals surface area contributed by atoms with Gasteiger partial charge in [0.25, 0.3) is 0 Å². The molecule has 0 bridgehead atoms. The van der Waals surface area contributed by atoms with Gasteiger partial charge >= 0.3 is 0 Å². The molecule has 0 aliphatic rings. The molecule has 28 heavy (non-hydrogen) atoms. The van der Waals surface area contributed by atoms with Crippen LogP contribution in [0.1, 0.15) is 42.1 Å². The van der Waals surface area contributed by atoms with Gasteiger partial charge in [-0.2, -0.15) is 0 Å². The Bertz CT molecular complexity index is 804. The number of aliphatic imine (C=N–C) groups is 1. The van der Waals surface area contributed by atoms with Crippen molar-refractivity contribution in [2.24, 2.45) is 4.99 Å². The van der Waals surface area contributed by atoms with E-state index in [0.717, 1.165) is 22.3 Å². The van der Waals surface area contributed by atoms with Crippen LogP contribution < -0.4 is 15.4 Å². The van der Waals surface area contributed by atoms with Gasteiger partial charge in [0.2, 0.25) is 0 Å². The Balaban J connectivity index is 0.00000392. The second kappa shape index (κ2) is 11.1. The first-order valence-corrected chi connectivity index (χ1v) is 9.03. The van der Waals surface area contributed by atoms with Crippen LogP contribution >= 0.6 is 24.0 Å². The first-order valence-electron chi connectivity index (χ1n) is 9.03. The summed E-state index contributed by atoms with van der Waals surface area (Å²) in [5.41, 5.74) is 3.49. The summed E-state index contributed by atoms with van der Waals surface area (Å²) < 4.78 is 18.9. The standard InChI is InChI=1S/C21H28FN3O2.HI/c1-6-23-21(24-12-16-9-13(2)20(26)14(3)10-16)25-15(4)17-7-8-19(27-5)18(22)11-17;/h7-11,15,26H,6,12H2,1-5H3,(H2,23,24,25);1H. The number of phenols is 1. The highest BCUT2D eigenvalue weighted by Gasteiger charge is 2.11. The maximum absolute atomic E-state index is 14.0. The SMILES string of the molecule is CCNC(=NCc1cc(C)c(O)c(C)c1)NC(C)c1ccc(OC)c(F)c1.I. The molecule has 0 saturated carbocycles. The van der Waals surface area contributed by atoms with E-state index in [-0.39, 0.29) is 41.6 Å².